The van der Waals surface area contributed by atoms with Crippen molar-refractivity contribution < 1.29 is 14.3 Å². The molecular weight excluding hydrogens is 454 g/mol. The van der Waals surface area contributed by atoms with Crippen LogP contribution in [0.1, 0.15) is 85.2 Å². The fourth-order valence-electron chi connectivity index (χ4n) is 4.95. The number of hydrogen-bond donors (Lipinski definition) is 1. The van der Waals surface area contributed by atoms with Gasteiger partial charge in [-0.25, -0.2) is 14.8 Å². The third-order valence-corrected chi connectivity index (χ3v) is 7.12. The van der Waals surface area contributed by atoms with E-state index in [9.17, 15) is 4.79 Å². The number of anilines is 1. The minimum Gasteiger partial charge on any atom is -0.444 e. The zero-order chi connectivity index (χ0) is 26.3. The van der Waals surface area contributed by atoms with E-state index >= 15 is 0 Å². The summed E-state index contributed by atoms with van der Waals surface area (Å²) in [7, 11) is 1.73. The number of alkyl carbamates (subject to hydrolysis) is 1. The van der Waals surface area contributed by atoms with Gasteiger partial charge in [-0.1, -0.05) is 20.8 Å². The lowest BCUT2D eigenvalue weighted by atomic mass is 9.84. The monoisotopic (exact) mass is 503 g/mol. The highest BCUT2D eigenvalue weighted by molar-refractivity contribution is 5.68. The van der Waals surface area contributed by atoms with Gasteiger partial charge in [-0.15, -0.1) is 0 Å². The minimum atomic E-state index is -0.444. The smallest absolute Gasteiger partial charge is 0.407 e. The summed E-state index contributed by atoms with van der Waals surface area (Å²) in [6, 6.07) is 2.40. The molecule has 0 bridgehead atoms. The molecule has 0 atom stereocenters. The molecule has 0 radical (unpaired) electrons. The van der Waals surface area contributed by atoms with Crippen molar-refractivity contribution in [1.82, 2.24) is 20.2 Å². The molecule has 0 spiro atoms. The van der Waals surface area contributed by atoms with Gasteiger partial charge in [-0.3, -0.25) is 4.90 Å². The number of ether oxygens (including phenoxy) is 2. The topological polar surface area (TPSA) is 79.8 Å². The van der Waals surface area contributed by atoms with Gasteiger partial charge in [0, 0.05) is 62.9 Å². The molecule has 1 aromatic rings. The summed E-state index contributed by atoms with van der Waals surface area (Å²) in [5.74, 6) is 2.71. The maximum atomic E-state index is 12.0. The van der Waals surface area contributed by atoms with Gasteiger partial charge in [0.05, 0.1) is 6.61 Å². The Morgan fingerprint density at radius 2 is 1.69 bits per heavy atom. The van der Waals surface area contributed by atoms with Crippen molar-refractivity contribution in [3.8, 4) is 0 Å². The zero-order valence-corrected chi connectivity index (χ0v) is 23.7. The second kappa shape index (κ2) is 12.5. The summed E-state index contributed by atoms with van der Waals surface area (Å²) in [6.07, 6.45) is 6.22. The average molecular weight is 504 g/mol. The van der Waals surface area contributed by atoms with Crippen LogP contribution in [-0.2, 0) is 21.3 Å². The number of amides is 1. The predicted octanol–water partition coefficient (Wildman–Crippen LogP) is 4.56. The van der Waals surface area contributed by atoms with E-state index in [4.69, 9.17) is 19.4 Å². The van der Waals surface area contributed by atoms with E-state index < -0.39 is 5.60 Å². The zero-order valence-electron chi connectivity index (χ0n) is 23.7. The number of piperazine rings is 1. The number of nitrogens with zero attached hydrogens (tertiary/aromatic N) is 4. The first-order valence-corrected chi connectivity index (χ1v) is 13.8. The summed E-state index contributed by atoms with van der Waals surface area (Å²) < 4.78 is 10.7. The van der Waals surface area contributed by atoms with Crippen LogP contribution in [0, 0.1) is 5.92 Å². The Balaban J connectivity index is 1.42. The fraction of sp³-hybridized carbons (Fsp3) is 0.821. The standard InChI is InChI=1S/C28H49N5O3/c1-27(2,3)25-29-23(13-19-35-7)20-24(31-25)33-17-15-32(16-18-33)14-12-21-8-10-22(11-9-21)30-26(34)36-28(4,5)6/h20-22H,8-19H2,1-7H3,(H,30,34)/t21-,22-. The SMILES string of the molecule is COCCc1cc(N2CCN(CC[C@H]3CC[C@H](NC(=O)OC(C)(C)C)CC3)CC2)nc(C(C)(C)C)n1. The normalized spacial score (nSPS) is 21.9. The van der Waals surface area contributed by atoms with Crippen LogP contribution >= 0.6 is 0 Å². The molecule has 2 heterocycles. The molecule has 3 rings (SSSR count). The third-order valence-electron chi connectivity index (χ3n) is 7.12. The molecule has 204 valence electrons. The lowest BCUT2D eigenvalue weighted by Crippen LogP contribution is -2.47. The summed E-state index contributed by atoms with van der Waals surface area (Å²) in [5.41, 5.74) is 0.534. The molecule has 0 unspecified atom stereocenters. The average Bonchev–Trinajstić information content (AvgIpc) is 2.80. The lowest BCUT2D eigenvalue weighted by molar-refractivity contribution is 0.0486. The van der Waals surface area contributed by atoms with Gasteiger partial charge < -0.3 is 19.7 Å². The van der Waals surface area contributed by atoms with E-state index in [-0.39, 0.29) is 17.6 Å². The van der Waals surface area contributed by atoms with Crippen molar-refractivity contribution in [1.29, 1.82) is 0 Å². The van der Waals surface area contributed by atoms with Gasteiger partial charge in [0.15, 0.2) is 0 Å². The second-order valence-electron chi connectivity index (χ2n) is 12.5. The van der Waals surface area contributed by atoms with Gasteiger partial charge in [0.25, 0.3) is 0 Å². The molecule has 1 aromatic heterocycles. The number of carbonyl (C=O) groups excluding carboxylic acids is 1. The van der Waals surface area contributed by atoms with Crippen molar-refractivity contribution in [2.45, 2.75) is 97.1 Å². The fourth-order valence-corrected chi connectivity index (χ4v) is 4.95. The highest BCUT2D eigenvalue weighted by atomic mass is 16.6. The van der Waals surface area contributed by atoms with Gasteiger partial charge in [0.1, 0.15) is 17.2 Å². The number of rotatable bonds is 8. The molecule has 8 heteroatoms. The Labute approximate surface area is 218 Å². The Kier molecular flexibility index (Phi) is 9.98. The van der Waals surface area contributed by atoms with Gasteiger partial charge >= 0.3 is 6.09 Å². The van der Waals surface area contributed by atoms with E-state index in [1.165, 1.54) is 19.3 Å². The van der Waals surface area contributed by atoms with E-state index in [2.05, 4.69) is 42.0 Å². The summed E-state index contributed by atoms with van der Waals surface area (Å²) >= 11 is 0. The third kappa shape index (κ3) is 9.18. The molecule has 1 N–H and O–H groups in total. The molecule has 2 aliphatic rings. The Morgan fingerprint density at radius 1 is 1.03 bits per heavy atom. The number of nitrogens with one attached hydrogen (secondary N) is 1. The van der Waals surface area contributed by atoms with E-state index in [0.717, 1.165) is 75.2 Å². The largest absolute Gasteiger partial charge is 0.444 e. The molecule has 36 heavy (non-hydrogen) atoms. The van der Waals surface area contributed by atoms with Crippen LogP contribution in [0.3, 0.4) is 0 Å². The molecule has 1 saturated carbocycles. The highest BCUT2D eigenvalue weighted by Crippen LogP contribution is 2.28. The van der Waals surface area contributed by atoms with Crippen molar-refractivity contribution >= 4 is 11.9 Å². The Bertz CT molecular complexity index is 833. The van der Waals surface area contributed by atoms with E-state index in [0.29, 0.717) is 6.61 Å². The first kappa shape index (κ1) is 28.6. The molecule has 1 aliphatic carbocycles. The highest BCUT2D eigenvalue weighted by Gasteiger charge is 2.27. The van der Waals surface area contributed by atoms with Crippen molar-refractivity contribution in [2.24, 2.45) is 5.92 Å². The first-order valence-electron chi connectivity index (χ1n) is 13.8. The van der Waals surface area contributed by atoms with Crippen LogP contribution in [0.2, 0.25) is 0 Å². The molecule has 1 saturated heterocycles. The Hall–Kier alpha value is -1.93. The quantitative estimate of drug-likeness (QED) is 0.557. The summed E-state index contributed by atoms with van der Waals surface area (Å²) in [6.45, 7) is 18.2. The van der Waals surface area contributed by atoms with Crippen LogP contribution in [0.4, 0.5) is 10.6 Å². The number of carbonyl (C=O) groups is 1. The second-order valence-corrected chi connectivity index (χ2v) is 12.5. The van der Waals surface area contributed by atoms with Crippen molar-refractivity contribution in [3.63, 3.8) is 0 Å². The lowest BCUT2D eigenvalue weighted by Gasteiger charge is -2.37. The number of aromatic nitrogens is 2. The van der Waals surface area contributed by atoms with Crippen molar-refractivity contribution in [3.05, 3.63) is 17.6 Å². The molecule has 1 amide bonds. The van der Waals surface area contributed by atoms with Gasteiger partial charge in [-0.2, -0.15) is 0 Å². The summed E-state index contributed by atoms with van der Waals surface area (Å²) in [5, 5.41) is 3.06. The van der Waals surface area contributed by atoms with Crippen LogP contribution in [-0.4, -0.2) is 79.0 Å². The molecule has 1 aliphatic heterocycles. The minimum absolute atomic E-state index is 0.0823. The van der Waals surface area contributed by atoms with Crippen LogP contribution in [0.5, 0.6) is 0 Å². The maximum Gasteiger partial charge on any atom is 0.407 e. The first-order chi connectivity index (χ1) is 16.9. The number of methoxy groups -OCH3 is 1. The van der Waals surface area contributed by atoms with Crippen LogP contribution in [0.25, 0.3) is 0 Å². The van der Waals surface area contributed by atoms with Crippen LogP contribution in [0.15, 0.2) is 6.07 Å². The maximum absolute atomic E-state index is 12.0. The van der Waals surface area contributed by atoms with E-state index in [1.54, 1.807) is 7.11 Å². The number of hydrogen-bond acceptors (Lipinski definition) is 7. The Morgan fingerprint density at radius 3 is 2.28 bits per heavy atom. The van der Waals surface area contributed by atoms with E-state index in [1.807, 2.05) is 20.8 Å². The van der Waals surface area contributed by atoms with Crippen LogP contribution < -0.4 is 10.2 Å². The molecule has 0 aromatic carbocycles. The summed E-state index contributed by atoms with van der Waals surface area (Å²) in [4.78, 5) is 26.8. The predicted molar refractivity (Wildman–Crippen MR) is 145 cm³/mol. The molecule has 2 fully saturated rings. The molecular formula is C28H49N5O3. The van der Waals surface area contributed by atoms with Crippen molar-refractivity contribution in [2.75, 3.05) is 51.3 Å². The van der Waals surface area contributed by atoms with Gasteiger partial charge in [-0.05, 0) is 65.3 Å². The van der Waals surface area contributed by atoms with Gasteiger partial charge in [0.2, 0.25) is 0 Å². The molecule has 8 nitrogen and oxygen atoms in total.